The van der Waals surface area contributed by atoms with Gasteiger partial charge in [-0.15, -0.1) is 0 Å². The average molecular weight is 237 g/mol. The van der Waals surface area contributed by atoms with Gasteiger partial charge < -0.3 is 16.3 Å². The average Bonchev–Trinajstić information content (AvgIpc) is 2.77. The van der Waals surface area contributed by atoms with E-state index >= 15 is 0 Å². The van der Waals surface area contributed by atoms with Crippen LogP contribution < -0.4 is 11.1 Å². The van der Waals surface area contributed by atoms with E-state index in [1.165, 1.54) is 0 Å². The summed E-state index contributed by atoms with van der Waals surface area (Å²) in [5, 5.41) is 20.9. The number of hydrogen-bond donors (Lipinski definition) is 4. The van der Waals surface area contributed by atoms with Crippen LogP contribution in [0.1, 0.15) is 24.8 Å². The molecule has 17 heavy (non-hydrogen) atoms. The summed E-state index contributed by atoms with van der Waals surface area (Å²) in [6, 6.07) is 0. The van der Waals surface area contributed by atoms with E-state index in [2.05, 4.69) is 20.7 Å². The Balaban J connectivity index is 1.99. The van der Waals surface area contributed by atoms with E-state index < -0.39 is 5.41 Å². The largest absolute Gasteiger partial charge is 0.409 e. The number of H-pyrrole nitrogens is 1. The highest BCUT2D eigenvalue weighted by molar-refractivity contribution is 6.07. The summed E-state index contributed by atoms with van der Waals surface area (Å²) in [6.07, 6.45) is 5.50. The molecule has 1 aromatic rings. The lowest BCUT2D eigenvalue weighted by Crippen LogP contribution is -2.53. The van der Waals surface area contributed by atoms with Crippen LogP contribution in [0.15, 0.2) is 17.5 Å². The molecule has 0 aromatic carbocycles. The maximum absolute atomic E-state index is 12.0. The van der Waals surface area contributed by atoms with Crippen molar-refractivity contribution >= 4 is 11.7 Å². The first kappa shape index (κ1) is 11.4. The predicted octanol–water partition coefficient (Wildman–Crippen LogP) is -0.0574. The van der Waals surface area contributed by atoms with E-state index in [0.717, 1.165) is 12.0 Å². The fraction of sp³-hybridized carbons (Fsp3) is 0.500. The number of aromatic amines is 1. The Morgan fingerprint density at radius 2 is 2.47 bits per heavy atom. The number of rotatable bonds is 4. The van der Waals surface area contributed by atoms with E-state index in [1.54, 1.807) is 12.4 Å². The van der Waals surface area contributed by atoms with Crippen LogP contribution in [0, 0.1) is 5.41 Å². The van der Waals surface area contributed by atoms with Crippen molar-refractivity contribution in [3.05, 3.63) is 18.0 Å². The highest BCUT2D eigenvalue weighted by atomic mass is 16.4. The lowest BCUT2D eigenvalue weighted by Gasteiger charge is -2.38. The molecule has 0 atom stereocenters. The van der Waals surface area contributed by atoms with E-state index in [0.29, 0.717) is 19.4 Å². The molecule has 1 heterocycles. The summed E-state index contributed by atoms with van der Waals surface area (Å²) in [4.78, 5) is 12.0. The van der Waals surface area contributed by atoms with Crippen LogP contribution in [0.25, 0.3) is 0 Å². The number of carbonyl (C=O) groups excluding carboxylic acids is 1. The Kier molecular flexibility index (Phi) is 2.99. The van der Waals surface area contributed by atoms with Crippen molar-refractivity contribution in [2.45, 2.75) is 25.8 Å². The van der Waals surface area contributed by atoms with Crippen molar-refractivity contribution in [2.24, 2.45) is 16.3 Å². The van der Waals surface area contributed by atoms with Gasteiger partial charge in [0.05, 0.1) is 6.20 Å². The third kappa shape index (κ3) is 1.95. The number of amidine groups is 1. The number of nitrogens with two attached hydrogens (primary N) is 1. The third-order valence-electron chi connectivity index (χ3n) is 3.25. The molecule has 2 rings (SSSR count). The van der Waals surface area contributed by atoms with Crippen molar-refractivity contribution < 1.29 is 10.0 Å². The van der Waals surface area contributed by atoms with Crippen LogP contribution in [0.3, 0.4) is 0 Å². The third-order valence-corrected chi connectivity index (χ3v) is 3.25. The Hall–Kier alpha value is -2.05. The van der Waals surface area contributed by atoms with Crippen molar-refractivity contribution in [1.82, 2.24) is 15.5 Å². The van der Waals surface area contributed by atoms with Crippen molar-refractivity contribution in [3.63, 3.8) is 0 Å². The van der Waals surface area contributed by atoms with Gasteiger partial charge in [0.25, 0.3) is 0 Å². The summed E-state index contributed by atoms with van der Waals surface area (Å²) >= 11 is 0. The molecule has 1 aliphatic carbocycles. The Morgan fingerprint density at radius 3 is 2.94 bits per heavy atom. The highest BCUT2D eigenvalue weighted by Crippen LogP contribution is 2.41. The molecular formula is C10H15N5O2. The minimum absolute atomic E-state index is 0.00607. The Morgan fingerprint density at radius 1 is 1.71 bits per heavy atom. The summed E-state index contributed by atoms with van der Waals surface area (Å²) in [5.41, 5.74) is 5.64. The van der Waals surface area contributed by atoms with Gasteiger partial charge in [0, 0.05) is 18.3 Å². The van der Waals surface area contributed by atoms with Crippen LogP contribution in [0.5, 0.6) is 0 Å². The monoisotopic (exact) mass is 237 g/mol. The minimum atomic E-state index is -0.821. The fourth-order valence-electron chi connectivity index (χ4n) is 1.95. The quantitative estimate of drug-likeness (QED) is 0.254. The molecule has 0 aliphatic heterocycles. The van der Waals surface area contributed by atoms with Crippen LogP contribution >= 0.6 is 0 Å². The molecule has 1 amide bonds. The molecule has 1 aromatic heterocycles. The van der Waals surface area contributed by atoms with Crippen molar-refractivity contribution in [3.8, 4) is 0 Å². The molecule has 1 fully saturated rings. The second-order valence-corrected chi connectivity index (χ2v) is 4.21. The van der Waals surface area contributed by atoms with E-state index in [1.807, 2.05) is 0 Å². The second-order valence-electron chi connectivity index (χ2n) is 4.21. The van der Waals surface area contributed by atoms with Gasteiger partial charge in [-0.25, -0.2) is 0 Å². The molecule has 0 saturated heterocycles. The molecule has 0 spiro atoms. The normalized spacial score (nSPS) is 18.5. The van der Waals surface area contributed by atoms with Crippen molar-refractivity contribution in [2.75, 3.05) is 0 Å². The van der Waals surface area contributed by atoms with Crippen LogP contribution in [-0.4, -0.2) is 27.1 Å². The van der Waals surface area contributed by atoms with Gasteiger partial charge >= 0.3 is 0 Å². The Labute approximate surface area is 98.1 Å². The second kappa shape index (κ2) is 4.44. The Bertz CT molecular complexity index is 422. The molecule has 5 N–H and O–H groups in total. The van der Waals surface area contributed by atoms with Crippen LogP contribution in [0.2, 0.25) is 0 Å². The van der Waals surface area contributed by atoms with E-state index in [4.69, 9.17) is 10.9 Å². The molecule has 7 heteroatoms. The van der Waals surface area contributed by atoms with Gasteiger partial charge in [0.1, 0.15) is 5.41 Å². The summed E-state index contributed by atoms with van der Waals surface area (Å²) in [5.74, 6) is -0.200. The zero-order valence-electron chi connectivity index (χ0n) is 9.31. The lowest BCUT2D eigenvalue weighted by molar-refractivity contribution is -0.131. The lowest BCUT2D eigenvalue weighted by atomic mass is 9.67. The number of nitrogens with zero attached hydrogens (tertiary/aromatic N) is 2. The summed E-state index contributed by atoms with van der Waals surface area (Å²) in [7, 11) is 0. The SMILES string of the molecule is NC(=NO)C1(C(=O)NCc2cn[nH]c2)CCC1. The molecule has 0 radical (unpaired) electrons. The first-order valence-corrected chi connectivity index (χ1v) is 5.43. The fourth-order valence-corrected chi connectivity index (χ4v) is 1.95. The number of amides is 1. The maximum Gasteiger partial charge on any atom is 0.234 e. The van der Waals surface area contributed by atoms with Gasteiger partial charge in [0.2, 0.25) is 5.91 Å². The van der Waals surface area contributed by atoms with Gasteiger partial charge in [-0.1, -0.05) is 11.6 Å². The number of nitrogens with one attached hydrogen (secondary N) is 2. The molecule has 0 unspecified atom stereocenters. The summed E-state index contributed by atoms with van der Waals surface area (Å²) < 4.78 is 0. The zero-order chi connectivity index (χ0) is 12.3. The summed E-state index contributed by atoms with van der Waals surface area (Å²) in [6.45, 7) is 0.385. The van der Waals surface area contributed by atoms with Crippen LogP contribution in [-0.2, 0) is 11.3 Å². The number of carbonyl (C=O) groups is 1. The highest BCUT2D eigenvalue weighted by Gasteiger charge is 2.48. The standard InChI is InChI=1S/C10H15N5O2/c11-8(15-17)10(2-1-3-10)9(16)12-4-7-5-13-14-6-7/h5-6,17H,1-4H2,(H2,11,15)(H,12,16)(H,13,14). The van der Waals surface area contributed by atoms with E-state index in [9.17, 15) is 4.79 Å². The molecule has 1 aliphatic rings. The first-order valence-electron chi connectivity index (χ1n) is 5.43. The molecule has 92 valence electrons. The molecule has 1 saturated carbocycles. The van der Waals surface area contributed by atoms with Gasteiger partial charge in [-0.3, -0.25) is 9.89 Å². The van der Waals surface area contributed by atoms with Crippen LogP contribution in [0.4, 0.5) is 0 Å². The van der Waals surface area contributed by atoms with Gasteiger partial charge in [-0.2, -0.15) is 5.10 Å². The molecule has 0 bridgehead atoms. The number of aromatic nitrogens is 2. The first-order chi connectivity index (χ1) is 8.19. The smallest absolute Gasteiger partial charge is 0.234 e. The zero-order valence-corrected chi connectivity index (χ0v) is 9.31. The maximum atomic E-state index is 12.0. The van der Waals surface area contributed by atoms with Gasteiger partial charge in [-0.05, 0) is 12.8 Å². The predicted molar refractivity (Wildman–Crippen MR) is 60.1 cm³/mol. The topological polar surface area (TPSA) is 116 Å². The van der Waals surface area contributed by atoms with Gasteiger partial charge in [0.15, 0.2) is 5.84 Å². The molecule has 7 nitrogen and oxygen atoms in total. The van der Waals surface area contributed by atoms with E-state index in [-0.39, 0.29) is 11.7 Å². The number of oxime groups is 1. The minimum Gasteiger partial charge on any atom is -0.409 e. The molecular weight excluding hydrogens is 222 g/mol. The number of hydrogen-bond acceptors (Lipinski definition) is 4. The van der Waals surface area contributed by atoms with Crippen molar-refractivity contribution in [1.29, 1.82) is 0 Å².